The Morgan fingerprint density at radius 3 is 2.74 bits per heavy atom. The number of thioether (sulfide) groups is 1. The average molecular weight is 355 g/mol. The van der Waals surface area contributed by atoms with E-state index in [9.17, 15) is 4.79 Å². The van der Waals surface area contributed by atoms with Crippen LogP contribution in [0.15, 0.2) is 29.4 Å². The second-order valence-electron chi connectivity index (χ2n) is 4.90. The molecule has 0 atom stereocenters. The van der Waals surface area contributed by atoms with E-state index in [0.29, 0.717) is 22.5 Å². The first-order valence-electron chi connectivity index (χ1n) is 7.31. The number of unbranched alkanes of at least 4 members (excludes halogenated alkanes) is 1. The Morgan fingerprint density at radius 2 is 2.09 bits per heavy atom. The predicted molar refractivity (Wildman–Crippen MR) is 90.6 cm³/mol. The number of nitrogens with zero attached hydrogens (tertiary/aromatic N) is 3. The molecule has 2 rings (SSSR count). The minimum Gasteiger partial charge on any atom is -0.486 e. The van der Waals surface area contributed by atoms with Crippen LogP contribution in [0.3, 0.4) is 0 Å². The maximum Gasteiger partial charge on any atom is 0.227 e. The summed E-state index contributed by atoms with van der Waals surface area (Å²) in [6.07, 6.45) is 2.05. The van der Waals surface area contributed by atoms with Crippen molar-refractivity contribution in [1.82, 2.24) is 14.8 Å². The van der Waals surface area contributed by atoms with Crippen molar-refractivity contribution in [2.45, 2.75) is 38.1 Å². The van der Waals surface area contributed by atoms with E-state index in [0.717, 1.165) is 25.2 Å². The zero-order valence-corrected chi connectivity index (χ0v) is 14.4. The van der Waals surface area contributed by atoms with Gasteiger partial charge in [-0.25, -0.2) is 0 Å². The van der Waals surface area contributed by atoms with Gasteiger partial charge in [0.25, 0.3) is 0 Å². The summed E-state index contributed by atoms with van der Waals surface area (Å²) in [5.41, 5.74) is 5.19. The molecule has 0 saturated heterocycles. The smallest absolute Gasteiger partial charge is 0.227 e. The number of rotatable bonds is 9. The standard InChI is InChI=1S/C15H19ClN4O2S/c1-2-3-8-20-14(18-19-15(20)23-10-13(17)21)9-22-12-6-4-11(16)5-7-12/h4-7H,2-3,8-10H2,1H3,(H2,17,21). The quantitative estimate of drug-likeness (QED) is 0.700. The van der Waals surface area contributed by atoms with Crippen LogP contribution in [0.4, 0.5) is 0 Å². The summed E-state index contributed by atoms with van der Waals surface area (Å²) in [6, 6.07) is 7.15. The molecule has 0 bridgehead atoms. The first-order chi connectivity index (χ1) is 11.1. The highest BCUT2D eigenvalue weighted by Gasteiger charge is 2.13. The summed E-state index contributed by atoms with van der Waals surface area (Å²) in [4.78, 5) is 11.0. The molecule has 0 aliphatic rings. The van der Waals surface area contributed by atoms with Gasteiger partial charge in [-0.2, -0.15) is 0 Å². The number of carbonyl (C=O) groups excluding carboxylic acids is 1. The Hall–Kier alpha value is -1.73. The van der Waals surface area contributed by atoms with Gasteiger partial charge in [-0.05, 0) is 30.7 Å². The lowest BCUT2D eigenvalue weighted by molar-refractivity contribution is -0.115. The molecule has 0 saturated carbocycles. The first-order valence-corrected chi connectivity index (χ1v) is 8.68. The highest BCUT2D eigenvalue weighted by molar-refractivity contribution is 7.99. The van der Waals surface area contributed by atoms with Gasteiger partial charge in [0.05, 0.1) is 5.75 Å². The summed E-state index contributed by atoms with van der Waals surface area (Å²) in [6.45, 7) is 3.20. The zero-order chi connectivity index (χ0) is 16.7. The number of hydrogen-bond donors (Lipinski definition) is 1. The topological polar surface area (TPSA) is 83.0 Å². The van der Waals surface area contributed by atoms with Gasteiger partial charge >= 0.3 is 0 Å². The molecule has 1 aromatic heterocycles. The fourth-order valence-electron chi connectivity index (χ4n) is 1.89. The summed E-state index contributed by atoms with van der Waals surface area (Å²) >= 11 is 7.14. The summed E-state index contributed by atoms with van der Waals surface area (Å²) in [5, 5.41) is 9.65. The molecule has 0 unspecified atom stereocenters. The van der Waals surface area contributed by atoms with Gasteiger partial charge in [-0.15, -0.1) is 10.2 Å². The van der Waals surface area contributed by atoms with Crippen molar-refractivity contribution in [2.24, 2.45) is 5.73 Å². The lowest BCUT2D eigenvalue weighted by Crippen LogP contribution is -2.14. The molecule has 6 nitrogen and oxygen atoms in total. The maximum atomic E-state index is 11.0. The van der Waals surface area contributed by atoms with Gasteiger partial charge in [0.2, 0.25) is 5.91 Å². The molecule has 2 N–H and O–H groups in total. The zero-order valence-electron chi connectivity index (χ0n) is 12.9. The SMILES string of the molecule is CCCCn1c(COc2ccc(Cl)cc2)nnc1SCC(N)=O. The van der Waals surface area contributed by atoms with E-state index in [-0.39, 0.29) is 11.7 Å². The number of nitrogens with two attached hydrogens (primary N) is 1. The van der Waals surface area contributed by atoms with Crippen LogP contribution in [0.25, 0.3) is 0 Å². The Bertz CT molecular complexity index is 645. The van der Waals surface area contributed by atoms with Gasteiger partial charge in [-0.1, -0.05) is 36.7 Å². The monoisotopic (exact) mass is 354 g/mol. The summed E-state index contributed by atoms with van der Waals surface area (Å²) in [5.74, 6) is 1.24. The van der Waals surface area contributed by atoms with Crippen molar-refractivity contribution in [3.63, 3.8) is 0 Å². The van der Waals surface area contributed by atoms with Crippen molar-refractivity contribution in [3.8, 4) is 5.75 Å². The molecule has 1 aromatic carbocycles. The number of carbonyl (C=O) groups is 1. The highest BCUT2D eigenvalue weighted by Crippen LogP contribution is 2.20. The third-order valence-corrected chi connectivity index (χ3v) is 4.29. The van der Waals surface area contributed by atoms with E-state index in [1.165, 1.54) is 11.8 Å². The molecule has 1 heterocycles. The van der Waals surface area contributed by atoms with E-state index in [4.69, 9.17) is 22.1 Å². The summed E-state index contributed by atoms with van der Waals surface area (Å²) < 4.78 is 7.70. The Balaban J connectivity index is 2.06. The number of amides is 1. The molecule has 1 amide bonds. The van der Waals surface area contributed by atoms with Gasteiger partial charge in [0.1, 0.15) is 12.4 Å². The number of hydrogen-bond acceptors (Lipinski definition) is 5. The molecule has 0 aliphatic heterocycles. The van der Waals surface area contributed by atoms with E-state index in [2.05, 4.69) is 17.1 Å². The van der Waals surface area contributed by atoms with Gasteiger partial charge < -0.3 is 15.0 Å². The van der Waals surface area contributed by atoms with Gasteiger partial charge in [0.15, 0.2) is 11.0 Å². The number of primary amides is 1. The first kappa shape index (κ1) is 17.6. The van der Waals surface area contributed by atoms with Crippen molar-refractivity contribution in [2.75, 3.05) is 5.75 Å². The van der Waals surface area contributed by atoms with Crippen LogP contribution in [0, 0.1) is 0 Å². The molecular formula is C15H19ClN4O2S. The van der Waals surface area contributed by atoms with E-state index in [1.807, 2.05) is 4.57 Å². The van der Waals surface area contributed by atoms with Crippen LogP contribution >= 0.6 is 23.4 Å². The largest absolute Gasteiger partial charge is 0.486 e. The van der Waals surface area contributed by atoms with Crippen LogP contribution in [0.2, 0.25) is 5.02 Å². The van der Waals surface area contributed by atoms with E-state index >= 15 is 0 Å². The Kier molecular flexibility index (Phi) is 6.73. The third-order valence-electron chi connectivity index (χ3n) is 3.05. The molecule has 23 heavy (non-hydrogen) atoms. The van der Waals surface area contributed by atoms with Gasteiger partial charge in [0, 0.05) is 11.6 Å². The van der Waals surface area contributed by atoms with Crippen molar-refractivity contribution < 1.29 is 9.53 Å². The molecule has 2 aromatic rings. The fourth-order valence-corrected chi connectivity index (χ4v) is 2.74. The van der Waals surface area contributed by atoms with E-state index < -0.39 is 0 Å². The molecule has 0 fully saturated rings. The molecular weight excluding hydrogens is 336 g/mol. The van der Waals surface area contributed by atoms with Crippen LogP contribution in [-0.2, 0) is 17.9 Å². The highest BCUT2D eigenvalue weighted by atomic mass is 35.5. The second kappa shape index (κ2) is 8.79. The lowest BCUT2D eigenvalue weighted by atomic mass is 10.3. The van der Waals surface area contributed by atoms with Crippen LogP contribution in [0.1, 0.15) is 25.6 Å². The van der Waals surface area contributed by atoms with Crippen LogP contribution in [0.5, 0.6) is 5.75 Å². The third kappa shape index (κ3) is 5.44. The molecule has 0 radical (unpaired) electrons. The fraction of sp³-hybridized carbons (Fsp3) is 0.400. The molecule has 0 spiro atoms. The minimum atomic E-state index is -0.376. The van der Waals surface area contributed by atoms with Gasteiger partial charge in [-0.3, -0.25) is 4.79 Å². The van der Waals surface area contributed by atoms with E-state index in [1.54, 1.807) is 24.3 Å². The molecule has 0 aliphatic carbocycles. The number of ether oxygens (including phenoxy) is 1. The average Bonchev–Trinajstić information content (AvgIpc) is 2.92. The van der Waals surface area contributed by atoms with Crippen LogP contribution in [-0.4, -0.2) is 26.4 Å². The Morgan fingerprint density at radius 1 is 1.35 bits per heavy atom. The van der Waals surface area contributed by atoms with Crippen molar-refractivity contribution in [3.05, 3.63) is 35.1 Å². The minimum absolute atomic E-state index is 0.183. The number of halogens is 1. The van der Waals surface area contributed by atoms with Crippen molar-refractivity contribution in [1.29, 1.82) is 0 Å². The second-order valence-corrected chi connectivity index (χ2v) is 6.28. The number of benzene rings is 1. The lowest BCUT2D eigenvalue weighted by Gasteiger charge is -2.10. The predicted octanol–water partition coefficient (Wildman–Crippen LogP) is 2.89. The maximum absolute atomic E-state index is 11.0. The Labute approximate surface area is 144 Å². The molecule has 8 heteroatoms. The summed E-state index contributed by atoms with van der Waals surface area (Å²) in [7, 11) is 0. The van der Waals surface area contributed by atoms with Crippen LogP contribution < -0.4 is 10.5 Å². The normalized spacial score (nSPS) is 10.7. The number of aromatic nitrogens is 3. The molecule has 124 valence electrons. The van der Waals surface area contributed by atoms with Crippen molar-refractivity contribution >= 4 is 29.3 Å².